The first-order chi connectivity index (χ1) is 14.8. The van der Waals surface area contributed by atoms with Crippen LogP contribution in [0.1, 0.15) is 68.7 Å². The van der Waals surface area contributed by atoms with Crippen LogP contribution in [-0.4, -0.2) is 32.2 Å². The van der Waals surface area contributed by atoms with E-state index in [1.807, 2.05) is 29.9 Å². The van der Waals surface area contributed by atoms with Crippen LogP contribution in [-0.2, 0) is 6.42 Å². The summed E-state index contributed by atoms with van der Waals surface area (Å²) in [4.78, 5) is 9.81. The Balaban J connectivity index is 1.56. The largest absolute Gasteiger partial charge is 0.477 e. The molecular weight excluding hydrogens is 374 g/mol. The Labute approximate surface area is 177 Å². The minimum Gasteiger partial charge on any atom is -0.477 e. The van der Waals surface area contributed by atoms with E-state index in [4.69, 9.17) is 14.7 Å². The Kier molecular flexibility index (Phi) is 5.39. The lowest BCUT2D eigenvalue weighted by atomic mass is 9.95. The molecule has 1 N–H and O–H groups in total. The number of ether oxygens (including phenoxy) is 1. The summed E-state index contributed by atoms with van der Waals surface area (Å²) in [5.41, 5.74) is 5.53. The van der Waals surface area contributed by atoms with Crippen LogP contribution < -0.4 is 10.1 Å². The van der Waals surface area contributed by atoms with E-state index in [-0.39, 0.29) is 0 Å². The molecule has 1 saturated carbocycles. The van der Waals surface area contributed by atoms with Gasteiger partial charge in [0.05, 0.1) is 23.4 Å². The molecule has 30 heavy (non-hydrogen) atoms. The Bertz CT molecular complexity index is 1060. The van der Waals surface area contributed by atoms with E-state index in [0.29, 0.717) is 18.5 Å². The van der Waals surface area contributed by atoms with Gasteiger partial charge in [-0.1, -0.05) is 25.3 Å². The van der Waals surface area contributed by atoms with Crippen molar-refractivity contribution >= 4 is 17.0 Å². The lowest BCUT2D eigenvalue weighted by Gasteiger charge is -2.24. The van der Waals surface area contributed by atoms with Gasteiger partial charge in [0.25, 0.3) is 0 Å². The fraction of sp³-hybridized carbons (Fsp3) is 0.458. The SMILES string of the molecule is CCOc1nc(NC2CCCCC2)nc2c1C(c1ccn3nccc3c1)=CCCC2. The molecule has 0 radical (unpaired) electrons. The van der Waals surface area contributed by atoms with E-state index >= 15 is 0 Å². The number of rotatable bonds is 5. The first-order valence-electron chi connectivity index (χ1n) is 11.3. The molecule has 6 heteroatoms. The van der Waals surface area contributed by atoms with Gasteiger partial charge in [-0.3, -0.25) is 0 Å². The van der Waals surface area contributed by atoms with E-state index in [1.54, 1.807) is 0 Å². The number of hydrogen-bond acceptors (Lipinski definition) is 5. The highest BCUT2D eigenvalue weighted by molar-refractivity contribution is 5.85. The van der Waals surface area contributed by atoms with Gasteiger partial charge in [-0.2, -0.15) is 10.1 Å². The van der Waals surface area contributed by atoms with Gasteiger partial charge in [0, 0.05) is 18.4 Å². The quantitative estimate of drug-likeness (QED) is 0.647. The maximum absolute atomic E-state index is 6.06. The third-order valence-corrected chi connectivity index (χ3v) is 6.12. The molecular formula is C24H29N5O. The van der Waals surface area contributed by atoms with Gasteiger partial charge in [-0.25, -0.2) is 9.50 Å². The topological polar surface area (TPSA) is 64.3 Å². The number of anilines is 1. The molecule has 1 fully saturated rings. The Morgan fingerprint density at radius 1 is 1.13 bits per heavy atom. The second-order valence-corrected chi connectivity index (χ2v) is 8.21. The van der Waals surface area contributed by atoms with Gasteiger partial charge in [0.15, 0.2) is 0 Å². The Morgan fingerprint density at radius 3 is 2.90 bits per heavy atom. The Hall–Kier alpha value is -2.89. The van der Waals surface area contributed by atoms with Crippen LogP contribution in [0.2, 0.25) is 0 Å². The first kappa shape index (κ1) is 19.1. The van der Waals surface area contributed by atoms with Gasteiger partial charge >= 0.3 is 0 Å². The van der Waals surface area contributed by atoms with Crippen molar-refractivity contribution in [1.29, 1.82) is 0 Å². The summed E-state index contributed by atoms with van der Waals surface area (Å²) in [6.07, 6.45) is 15.5. The average molecular weight is 404 g/mol. The molecule has 3 aromatic heterocycles. The maximum Gasteiger partial charge on any atom is 0.226 e. The molecule has 5 rings (SSSR count). The summed E-state index contributed by atoms with van der Waals surface area (Å²) in [5.74, 6) is 1.42. The van der Waals surface area contributed by atoms with Crippen LogP contribution in [0.15, 0.2) is 36.7 Å². The number of pyridine rings is 1. The number of aromatic nitrogens is 4. The molecule has 3 aromatic rings. The summed E-state index contributed by atoms with van der Waals surface area (Å²) < 4.78 is 7.95. The average Bonchev–Trinajstić information content (AvgIpc) is 3.13. The third-order valence-electron chi connectivity index (χ3n) is 6.12. The maximum atomic E-state index is 6.06. The lowest BCUT2D eigenvalue weighted by Crippen LogP contribution is -2.24. The molecule has 3 heterocycles. The summed E-state index contributed by atoms with van der Waals surface area (Å²) in [6.45, 7) is 2.60. The smallest absolute Gasteiger partial charge is 0.226 e. The predicted octanol–water partition coefficient (Wildman–Crippen LogP) is 5.04. The van der Waals surface area contributed by atoms with Crippen LogP contribution >= 0.6 is 0 Å². The van der Waals surface area contributed by atoms with Crippen molar-refractivity contribution in [2.24, 2.45) is 0 Å². The van der Waals surface area contributed by atoms with Crippen molar-refractivity contribution in [3.05, 3.63) is 53.5 Å². The minimum atomic E-state index is 0.469. The summed E-state index contributed by atoms with van der Waals surface area (Å²) in [6, 6.07) is 6.79. The molecule has 0 aliphatic heterocycles. The molecule has 6 nitrogen and oxygen atoms in total. The van der Waals surface area contributed by atoms with Crippen molar-refractivity contribution in [2.45, 2.75) is 64.3 Å². The second kappa shape index (κ2) is 8.46. The zero-order valence-electron chi connectivity index (χ0n) is 17.6. The molecule has 0 atom stereocenters. The van der Waals surface area contributed by atoms with Gasteiger partial charge < -0.3 is 10.1 Å². The molecule has 0 bridgehead atoms. The van der Waals surface area contributed by atoms with E-state index in [1.165, 1.54) is 37.7 Å². The highest BCUT2D eigenvalue weighted by Crippen LogP contribution is 2.37. The minimum absolute atomic E-state index is 0.469. The lowest BCUT2D eigenvalue weighted by molar-refractivity contribution is 0.325. The van der Waals surface area contributed by atoms with Gasteiger partial charge in [-0.05, 0) is 68.4 Å². The monoisotopic (exact) mass is 403 g/mol. The predicted molar refractivity (Wildman–Crippen MR) is 119 cm³/mol. The molecule has 2 aliphatic rings. The molecule has 0 amide bonds. The van der Waals surface area contributed by atoms with Gasteiger partial charge in [0.1, 0.15) is 0 Å². The first-order valence-corrected chi connectivity index (χ1v) is 11.3. The van der Waals surface area contributed by atoms with Crippen LogP contribution in [0.3, 0.4) is 0 Å². The highest BCUT2D eigenvalue weighted by Gasteiger charge is 2.24. The molecule has 0 spiro atoms. The van der Waals surface area contributed by atoms with Crippen molar-refractivity contribution in [3.8, 4) is 5.88 Å². The number of hydrogen-bond donors (Lipinski definition) is 1. The fourth-order valence-electron chi connectivity index (χ4n) is 4.64. The normalized spacial score (nSPS) is 17.3. The standard InChI is InChI=1S/C24H29N5O/c1-2-30-23-22-20(17-13-15-29-19(16-17)12-14-25-29)10-6-7-11-21(22)27-24(28-23)26-18-8-4-3-5-9-18/h10,12-16,18H,2-9,11H2,1H3,(H,26,27,28). The van der Waals surface area contributed by atoms with Crippen LogP contribution in [0.25, 0.3) is 11.1 Å². The molecule has 156 valence electrons. The fourth-order valence-corrected chi connectivity index (χ4v) is 4.64. The zero-order valence-corrected chi connectivity index (χ0v) is 17.6. The van der Waals surface area contributed by atoms with E-state index in [2.05, 4.69) is 28.6 Å². The van der Waals surface area contributed by atoms with E-state index in [0.717, 1.165) is 47.5 Å². The number of fused-ring (bicyclic) bond motifs is 2. The van der Waals surface area contributed by atoms with Crippen LogP contribution in [0.4, 0.5) is 5.95 Å². The number of allylic oxidation sites excluding steroid dienone is 1. The number of aryl methyl sites for hydroxylation is 1. The molecule has 2 aliphatic carbocycles. The molecule has 0 unspecified atom stereocenters. The van der Waals surface area contributed by atoms with E-state index < -0.39 is 0 Å². The summed E-state index contributed by atoms with van der Waals surface area (Å²) in [7, 11) is 0. The highest BCUT2D eigenvalue weighted by atomic mass is 16.5. The molecule has 0 aromatic carbocycles. The third kappa shape index (κ3) is 3.78. The van der Waals surface area contributed by atoms with Crippen LogP contribution in [0.5, 0.6) is 5.88 Å². The van der Waals surface area contributed by atoms with Crippen molar-refractivity contribution < 1.29 is 4.74 Å². The summed E-state index contributed by atoms with van der Waals surface area (Å²) >= 11 is 0. The van der Waals surface area contributed by atoms with Gasteiger partial charge in [-0.15, -0.1) is 0 Å². The molecule has 0 saturated heterocycles. The second-order valence-electron chi connectivity index (χ2n) is 8.21. The van der Waals surface area contributed by atoms with Crippen molar-refractivity contribution in [3.63, 3.8) is 0 Å². The van der Waals surface area contributed by atoms with Gasteiger partial charge in [0.2, 0.25) is 11.8 Å². The van der Waals surface area contributed by atoms with Crippen molar-refractivity contribution in [1.82, 2.24) is 19.6 Å². The Morgan fingerprint density at radius 2 is 2.03 bits per heavy atom. The number of nitrogens with zero attached hydrogens (tertiary/aromatic N) is 4. The summed E-state index contributed by atoms with van der Waals surface area (Å²) in [5, 5.41) is 7.91. The number of nitrogens with one attached hydrogen (secondary N) is 1. The van der Waals surface area contributed by atoms with Crippen molar-refractivity contribution in [2.75, 3.05) is 11.9 Å². The van der Waals surface area contributed by atoms with E-state index in [9.17, 15) is 0 Å². The zero-order chi connectivity index (χ0) is 20.3. The van der Waals surface area contributed by atoms with Crippen LogP contribution in [0, 0.1) is 0 Å².